The Labute approximate surface area is 265 Å². The van der Waals surface area contributed by atoms with Crippen molar-refractivity contribution in [3.05, 3.63) is 58.7 Å². The van der Waals surface area contributed by atoms with Gasteiger partial charge in [-0.2, -0.15) is 31.1 Å². The first-order valence-electron chi connectivity index (χ1n) is 15.0. The van der Waals surface area contributed by atoms with Crippen LogP contribution in [0, 0.1) is 11.8 Å². The summed E-state index contributed by atoms with van der Waals surface area (Å²) in [6.45, 7) is 2.11. The Hall–Kier alpha value is -3.76. The highest BCUT2D eigenvalue weighted by Gasteiger charge is 2.37. The molecule has 0 atom stereocenters. The number of rotatable bonds is 12. The molecular weight excluding hydrogens is 647 g/mol. The van der Waals surface area contributed by atoms with Gasteiger partial charge in [-0.3, -0.25) is 0 Å². The molecule has 1 heterocycles. The zero-order valence-corrected chi connectivity index (χ0v) is 25.6. The first-order valence-corrected chi connectivity index (χ1v) is 15.0. The summed E-state index contributed by atoms with van der Waals surface area (Å²) in [4.78, 5) is 4.25. The molecule has 1 fully saturated rings. The number of aliphatic hydroxyl groups excluding tert-OH is 1. The molecule has 2 aromatic carbocycles. The number of hydrogen-bond donors (Lipinski definition) is 1. The summed E-state index contributed by atoms with van der Waals surface area (Å²) in [7, 11) is 1.40. The van der Waals surface area contributed by atoms with Gasteiger partial charge < -0.3 is 19.6 Å². The van der Waals surface area contributed by atoms with E-state index in [0.717, 1.165) is 49.0 Å². The summed E-state index contributed by atoms with van der Waals surface area (Å²) in [5.41, 5.74) is -2.65. The van der Waals surface area contributed by atoms with Crippen LogP contribution >= 0.6 is 0 Å². The van der Waals surface area contributed by atoms with Crippen LogP contribution in [0.15, 0.2) is 36.4 Å². The van der Waals surface area contributed by atoms with E-state index < -0.39 is 42.1 Å². The number of ether oxygens (including phenoxy) is 1. The lowest BCUT2D eigenvalue weighted by molar-refractivity contribution is -0.274. The summed E-state index contributed by atoms with van der Waals surface area (Å²) < 4.78 is 125. The molecule has 0 unspecified atom stereocenters. The number of halogens is 9. The minimum Gasteiger partial charge on any atom is -0.406 e. The Balaban J connectivity index is 1.73. The minimum atomic E-state index is -5.08. The number of aliphatic hydroxyl groups is 1. The lowest BCUT2D eigenvalue weighted by Crippen LogP contribution is -2.33. The predicted octanol–water partition coefficient (Wildman–Crippen LogP) is 7.37. The molecule has 0 bridgehead atoms. The number of tetrazole rings is 1. The molecule has 4 rings (SSSR count). The van der Waals surface area contributed by atoms with E-state index in [0.29, 0.717) is 36.8 Å². The molecule has 1 saturated carbocycles. The number of hydrogen-bond acceptors (Lipinski definition) is 7. The monoisotopic (exact) mass is 682 g/mol. The highest BCUT2D eigenvalue weighted by molar-refractivity contribution is 5.58. The van der Waals surface area contributed by atoms with E-state index in [1.54, 1.807) is 0 Å². The second-order valence-electron chi connectivity index (χ2n) is 11.6. The molecule has 260 valence electrons. The van der Waals surface area contributed by atoms with Crippen molar-refractivity contribution in [1.29, 1.82) is 0 Å². The van der Waals surface area contributed by atoms with Gasteiger partial charge >= 0.3 is 18.7 Å². The topological polar surface area (TPSA) is 79.5 Å². The van der Waals surface area contributed by atoms with Gasteiger partial charge in [0.05, 0.1) is 18.2 Å². The molecule has 0 amide bonds. The van der Waals surface area contributed by atoms with Crippen molar-refractivity contribution in [3.8, 4) is 5.75 Å². The normalized spacial score (nSPS) is 17.5. The van der Waals surface area contributed by atoms with Crippen molar-refractivity contribution in [3.63, 3.8) is 0 Å². The summed E-state index contributed by atoms with van der Waals surface area (Å²) in [6, 6.07) is 4.91. The largest absolute Gasteiger partial charge is 0.573 e. The van der Waals surface area contributed by atoms with E-state index in [1.807, 2.05) is 11.8 Å². The van der Waals surface area contributed by atoms with Crippen molar-refractivity contribution >= 4 is 11.6 Å². The molecule has 0 saturated heterocycles. The molecule has 1 N–H and O–H groups in total. The van der Waals surface area contributed by atoms with Gasteiger partial charge in [0, 0.05) is 38.5 Å². The summed E-state index contributed by atoms with van der Waals surface area (Å²) in [5, 5.41) is 21.0. The fourth-order valence-corrected chi connectivity index (χ4v) is 5.92. The van der Waals surface area contributed by atoms with Gasteiger partial charge in [0.1, 0.15) is 5.75 Å². The quantitative estimate of drug-likeness (QED) is 0.200. The SMILES string of the molecule is CCN(CC1CCC(CCO)CC1)c1ccc(OC(F)(F)F)cc1CN(Cc1cc(C(F)(F)F)cc(C(F)(F)F)c1)c1nnn(C)n1. The zero-order valence-electron chi connectivity index (χ0n) is 25.6. The van der Waals surface area contributed by atoms with Gasteiger partial charge in [-0.25, -0.2) is 0 Å². The molecule has 1 aliphatic carbocycles. The summed E-state index contributed by atoms with van der Waals surface area (Å²) >= 11 is 0. The van der Waals surface area contributed by atoms with Crippen LogP contribution in [-0.2, 0) is 32.5 Å². The number of aryl methyl sites for hydroxylation is 1. The van der Waals surface area contributed by atoms with E-state index in [-0.39, 0.29) is 42.2 Å². The van der Waals surface area contributed by atoms with Crippen molar-refractivity contribution in [1.82, 2.24) is 20.2 Å². The van der Waals surface area contributed by atoms with Crippen LogP contribution in [0.5, 0.6) is 5.75 Å². The Morgan fingerprint density at radius 3 is 1.98 bits per heavy atom. The highest BCUT2D eigenvalue weighted by Crippen LogP contribution is 2.38. The van der Waals surface area contributed by atoms with Gasteiger partial charge in [0.25, 0.3) is 5.95 Å². The van der Waals surface area contributed by atoms with Crippen LogP contribution in [0.25, 0.3) is 0 Å². The molecule has 1 aliphatic rings. The Morgan fingerprint density at radius 1 is 0.851 bits per heavy atom. The van der Waals surface area contributed by atoms with Gasteiger partial charge in [0.2, 0.25) is 0 Å². The van der Waals surface area contributed by atoms with Crippen LogP contribution in [0.3, 0.4) is 0 Å². The van der Waals surface area contributed by atoms with E-state index in [1.165, 1.54) is 18.0 Å². The molecular formula is C30H35F9N6O2. The predicted molar refractivity (Wildman–Crippen MR) is 153 cm³/mol. The lowest BCUT2D eigenvalue weighted by atomic mass is 9.80. The number of anilines is 2. The van der Waals surface area contributed by atoms with Crippen LogP contribution in [0.2, 0.25) is 0 Å². The first-order chi connectivity index (χ1) is 21.9. The molecule has 0 spiro atoms. The van der Waals surface area contributed by atoms with Crippen molar-refractivity contribution in [2.75, 3.05) is 29.5 Å². The summed E-state index contributed by atoms with van der Waals surface area (Å²) in [6.07, 6.45) is -10.8. The molecule has 17 heteroatoms. The molecule has 0 aliphatic heterocycles. The Bertz CT molecular complexity index is 1440. The number of nitrogens with zero attached hydrogens (tertiary/aromatic N) is 6. The fourth-order valence-electron chi connectivity index (χ4n) is 5.92. The molecule has 3 aromatic rings. The van der Waals surface area contributed by atoms with Crippen molar-refractivity contribution in [2.45, 2.75) is 70.8 Å². The standard InChI is InChI=1S/C30H35F9N6O2/c1-3-44(16-20-6-4-19(5-7-20)10-11-46)26-9-8-25(47-30(37,38)39)14-22(26)18-45(27-40-42-43(2)41-27)17-21-12-23(28(31,32)33)15-24(13-21)29(34,35)36/h8-9,12-15,19-20,46H,3-7,10-11,16-18H2,1-2H3. The number of benzene rings is 2. The fraction of sp³-hybridized carbons (Fsp3) is 0.567. The van der Waals surface area contributed by atoms with Gasteiger partial charge in [-0.15, -0.1) is 18.3 Å². The third-order valence-corrected chi connectivity index (χ3v) is 8.15. The van der Waals surface area contributed by atoms with Gasteiger partial charge in [0.15, 0.2) is 0 Å². The van der Waals surface area contributed by atoms with E-state index in [4.69, 9.17) is 0 Å². The first kappa shape index (κ1) is 36.1. The lowest BCUT2D eigenvalue weighted by Gasteiger charge is -2.35. The van der Waals surface area contributed by atoms with E-state index in [9.17, 15) is 44.6 Å². The van der Waals surface area contributed by atoms with Crippen LogP contribution in [0.1, 0.15) is 61.3 Å². The molecule has 8 nitrogen and oxygen atoms in total. The maximum absolute atomic E-state index is 13.6. The third kappa shape index (κ3) is 10.1. The summed E-state index contributed by atoms with van der Waals surface area (Å²) in [5.74, 6) is -0.0472. The van der Waals surface area contributed by atoms with Crippen LogP contribution < -0.4 is 14.5 Å². The zero-order chi connectivity index (χ0) is 34.6. The molecule has 0 radical (unpaired) electrons. The third-order valence-electron chi connectivity index (χ3n) is 8.15. The second-order valence-corrected chi connectivity index (χ2v) is 11.6. The average Bonchev–Trinajstić information content (AvgIpc) is 3.41. The van der Waals surface area contributed by atoms with E-state index in [2.05, 4.69) is 20.1 Å². The molecule has 1 aromatic heterocycles. The number of alkyl halides is 9. The Morgan fingerprint density at radius 2 is 1.47 bits per heavy atom. The maximum atomic E-state index is 13.6. The Kier molecular flexibility index (Phi) is 11.2. The smallest absolute Gasteiger partial charge is 0.406 e. The maximum Gasteiger partial charge on any atom is 0.573 e. The number of aromatic nitrogens is 4. The second kappa shape index (κ2) is 14.6. The van der Waals surface area contributed by atoms with Crippen molar-refractivity contribution < 1.29 is 49.4 Å². The van der Waals surface area contributed by atoms with Gasteiger partial charge in [-0.1, -0.05) is 17.9 Å². The van der Waals surface area contributed by atoms with Gasteiger partial charge in [-0.05, 0) is 90.8 Å². The minimum absolute atomic E-state index is 0.0148. The van der Waals surface area contributed by atoms with E-state index >= 15 is 0 Å². The van der Waals surface area contributed by atoms with Crippen LogP contribution in [0.4, 0.5) is 51.1 Å². The van der Waals surface area contributed by atoms with Crippen molar-refractivity contribution in [2.24, 2.45) is 18.9 Å². The average molecular weight is 683 g/mol. The van der Waals surface area contributed by atoms with Crippen LogP contribution in [-0.4, -0.2) is 51.4 Å². The molecule has 47 heavy (non-hydrogen) atoms. The highest BCUT2D eigenvalue weighted by atomic mass is 19.4.